The van der Waals surface area contributed by atoms with E-state index in [9.17, 15) is 14.0 Å². The first-order valence-electron chi connectivity index (χ1n) is 9.22. The Labute approximate surface area is 178 Å². The maximum absolute atomic E-state index is 13.6. The SMILES string of the molecule is Cc1ccnc(N2C(=O)c3oc4ccc(Br)cc4c(=O)c3[C@@H]2c2ccc(F)cc2)c1. The molecular weight excluding hydrogens is 451 g/mol. The molecule has 5 rings (SSSR count). The van der Waals surface area contributed by atoms with Gasteiger partial charge in [0.1, 0.15) is 17.2 Å². The molecule has 1 aliphatic heterocycles. The highest BCUT2D eigenvalue weighted by Gasteiger charge is 2.44. The number of aryl methyl sites for hydroxylation is 1. The number of carbonyl (C=O) groups is 1. The standard InChI is InChI=1S/C23H14BrFN2O3/c1-12-8-9-26-18(10-12)27-20(13-2-5-15(25)6-3-13)19-21(28)16-11-14(24)4-7-17(16)30-22(19)23(27)29/h2-11,20H,1H3/t20-/m0/s1. The van der Waals surface area contributed by atoms with Crippen molar-refractivity contribution in [1.82, 2.24) is 4.98 Å². The van der Waals surface area contributed by atoms with Crippen LogP contribution in [0.5, 0.6) is 0 Å². The van der Waals surface area contributed by atoms with E-state index < -0.39 is 17.8 Å². The van der Waals surface area contributed by atoms with Gasteiger partial charge in [-0.25, -0.2) is 9.37 Å². The van der Waals surface area contributed by atoms with Crippen LogP contribution in [0, 0.1) is 12.7 Å². The summed E-state index contributed by atoms with van der Waals surface area (Å²) in [7, 11) is 0. The van der Waals surface area contributed by atoms with Gasteiger partial charge in [0.2, 0.25) is 5.76 Å². The molecule has 1 aliphatic rings. The number of amides is 1. The maximum atomic E-state index is 13.6. The number of fused-ring (bicyclic) bond motifs is 2. The zero-order chi connectivity index (χ0) is 21.0. The van der Waals surface area contributed by atoms with Gasteiger partial charge >= 0.3 is 0 Å². The van der Waals surface area contributed by atoms with Crippen LogP contribution in [0.1, 0.15) is 33.3 Å². The second-order valence-corrected chi connectivity index (χ2v) is 8.05. The molecule has 0 aliphatic carbocycles. The van der Waals surface area contributed by atoms with Gasteiger partial charge in [-0.05, 0) is 60.5 Å². The third-order valence-corrected chi connectivity index (χ3v) is 5.66. The molecule has 5 nitrogen and oxygen atoms in total. The van der Waals surface area contributed by atoms with E-state index in [-0.39, 0.29) is 16.8 Å². The Morgan fingerprint density at radius 2 is 1.83 bits per heavy atom. The molecule has 0 fully saturated rings. The van der Waals surface area contributed by atoms with E-state index in [1.54, 1.807) is 42.6 Å². The van der Waals surface area contributed by atoms with Gasteiger partial charge in [-0.3, -0.25) is 14.5 Å². The Kier molecular flexibility index (Phi) is 4.29. The van der Waals surface area contributed by atoms with Crippen LogP contribution in [0.15, 0.2) is 74.5 Å². The van der Waals surface area contributed by atoms with Crippen molar-refractivity contribution in [3.8, 4) is 0 Å². The molecule has 0 radical (unpaired) electrons. The molecule has 0 N–H and O–H groups in total. The highest BCUT2D eigenvalue weighted by molar-refractivity contribution is 9.10. The largest absolute Gasteiger partial charge is 0.450 e. The van der Waals surface area contributed by atoms with Gasteiger partial charge in [-0.15, -0.1) is 0 Å². The van der Waals surface area contributed by atoms with E-state index in [0.29, 0.717) is 22.4 Å². The average molecular weight is 465 g/mol. The first-order valence-corrected chi connectivity index (χ1v) is 10.0. The predicted octanol–water partition coefficient (Wildman–Crippen LogP) is 5.15. The molecule has 0 unspecified atom stereocenters. The van der Waals surface area contributed by atoms with Crippen molar-refractivity contribution in [1.29, 1.82) is 0 Å². The predicted molar refractivity (Wildman–Crippen MR) is 114 cm³/mol. The Bertz CT molecular complexity index is 1380. The Morgan fingerprint density at radius 3 is 2.57 bits per heavy atom. The normalized spacial score (nSPS) is 15.6. The highest BCUT2D eigenvalue weighted by Crippen LogP contribution is 2.40. The number of carbonyl (C=O) groups excluding carboxylic acids is 1. The van der Waals surface area contributed by atoms with Crippen molar-refractivity contribution in [2.45, 2.75) is 13.0 Å². The average Bonchev–Trinajstić information content (AvgIpc) is 3.02. The Hall–Kier alpha value is -3.32. The molecule has 2 aromatic heterocycles. The molecule has 0 saturated carbocycles. The zero-order valence-corrected chi connectivity index (χ0v) is 17.3. The number of nitrogens with zero attached hydrogens (tertiary/aromatic N) is 2. The Morgan fingerprint density at radius 1 is 1.07 bits per heavy atom. The van der Waals surface area contributed by atoms with Crippen molar-refractivity contribution >= 4 is 38.6 Å². The fourth-order valence-electron chi connectivity index (χ4n) is 3.79. The van der Waals surface area contributed by atoms with E-state index in [1.807, 2.05) is 13.0 Å². The van der Waals surface area contributed by atoms with Gasteiger partial charge in [-0.2, -0.15) is 0 Å². The van der Waals surface area contributed by atoms with Gasteiger partial charge in [0.25, 0.3) is 5.91 Å². The number of halogens is 2. The summed E-state index contributed by atoms with van der Waals surface area (Å²) in [6.45, 7) is 1.89. The van der Waals surface area contributed by atoms with Crippen molar-refractivity contribution in [3.63, 3.8) is 0 Å². The van der Waals surface area contributed by atoms with Crippen molar-refractivity contribution in [2.24, 2.45) is 0 Å². The van der Waals surface area contributed by atoms with Gasteiger partial charge in [0, 0.05) is 10.7 Å². The van der Waals surface area contributed by atoms with Crippen molar-refractivity contribution in [3.05, 3.63) is 104 Å². The summed E-state index contributed by atoms with van der Waals surface area (Å²) in [4.78, 5) is 32.6. The minimum absolute atomic E-state index is 0.0209. The van der Waals surface area contributed by atoms with E-state index >= 15 is 0 Å². The molecule has 2 aromatic carbocycles. The van der Waals surface area contributed by atoms with Gasteiger partial charge in [0.15, 0.2) is 5.43 Å². The first-order chi connectivity index (χ1) is 14.4. The molecule has 1 atom stereocenters. The van der Waals surface area contributed by atoms with Crippen LogP contribution in [-0.2, 0) is 0 Å². The molecule has 1 amide bonds. The van der Waals surface area contributed by atoms with Gasteiger partial charge < -0.3 is 4.42 Å². The van der Waals surface area contributed by atoms with E-state index in [2.05, 4.69) is 20.9 Å². The van der Waals surface area contributed by atoms with E-state index in [0.717, 1.165) is 10.0 Å². The molecule has 148 valence electrons. The monoisotopic (exact) mass is 464 g/mol. The van der Waals surface area contributed by atoms with Crippen LogP contribution < -0.4 is 10.3 Å². The fourth-order valence-corrected chi connectivity index (χ4v) is 4.15. The minimum Gasteiger partial charge on any atom is -0.450 e. The highest BCUT2D eigenvalue weighted by atomic mass is 79.9. The van der Waals surface area contributed by atoms with Gasteiger partial charge in [-0.1, -0.05) is 28.1 Å². The summed E-state index contributed by atoms with van der Waals surface area (Å²) < 4.78 is 20.2. The van der Waals surface area contributed by atoms with Crippen molar-refractivity contribution < 1.29 is 13.6 Å². The number of aromatic nitrogens is 1. The third-order valence-electron chi connectivity index (χ3n) is 5.17. The van der Waals surface area contributed by atoms with Gasteiger partial charge in [0.05, 0.1) is 17.0 Å². The number of rotatable bonds is 2. The number of hydrogen-bond donors (Lipinski definition) is 0. The molecule has 4 aromatic rings. The quantitative estimate of drug-likeness (QED) is 0.411. The second-order valence-electron chi connectivity index (χ2n) is 7.14. The summed E-state index contributed by atoms with van der Waals surface area (Å²) in [5, 5.41) is 0.363. The maximum Gasteiger partial charge on any atom is 0.296 e. The minimum atomic E-state index is -0.776. The first kappa shape index (κ1) is 18.7. The number of hydrogen-bond acceptors (Lipinski definition) is 4. The number of benzene rings is 2. The second kappa shape index (κ2) is 6.88. The van der Waals surface area contributed by atoms with Crippen LogP contribution in [0.3, 0.4) is 0 Å². The smallest absolute Gasteiger partial charge is 0.296 e. The molecule has 0 bridgehead atoms. The van der Waals surface area contributed by atoms with E-state index in [1.165, 1.54) is 17.0 Å². The molecule has 30 heavy (non-hydrogen) atoms. The third kappa shape index (κ3) is 2.85. The van der Waals surface area contributed by atoms with Crippen LogP contribution >= 0.6 is 15.9 Å². The molecule has 7 heteroatoms. The lowest BCUT2D eigenvalue weighted by atomic mass is 9.98. The molecular formula is C23H14BrFN2O3. The summed E-state index contributed by atoms with van der Waals surface area (Å²) in [5.41, 5.74) is 1.75. The molecule has 3 heterocycles. The topological polar surface area (TPSA) is 63.4 Å². The number of anilines is 1. The molecule has 0 spiro atoms. The summed E-state index contributed by atoms with van der Waals surface area (Å²) in [5.74, 6) is -0.491. The summed E-state index contributed by atoms with van der Waals surface area (Å²) >= 11 is 3.37. The zero-order valence-electron chi connectivity index (χ0n) is 15.7. The lowest BCUT2D eigenvalue weighted by molar-refractivity contribution is 0.0970. The fraction of sp³-hybridized carbons (Fsp3) is 0.0870. The van der Waals surface area contributed by atoms with Crippen LogP contribution in [-0.4, -0.2) is 10.9 Å². The van der Waals surface area contributed by atoms with Crippen LogP contribution in [0.25, 0.3) is 11.0 Å². The summed E-state index contributed by atoms with van der Waals surface area (Å²) in [6.07, 6.45) is 1.60. The van der Waals surface area contributed by atoms with Crippen LogP contribution in [0.4, 0.5) is 10.2 Å². The van der Waals surface area contributed by atoms with E-state index in [4.69, 9.17) is 4.42 Å². The summed E-state index contributed by atoms with van der Waals surface area (Å²) in [6, 6.07) is 13.6. The lowest BCUT2D eigenvalue weighted by Crippen LogP contribution is -2.30. The number of pyridine rings is 1. The van der Waals surface area contributed by atoms with Crippen LogP contribution in [0.2, 0.25) is 0 Å². The van der Waals surface area contributed by atoms with Crippen molar-refractivity contribution in [2.75, 3.05) is 4.90 Å². The molecule has 0 saturated heterocycles. The Balaban J connectivity index is 1.83. The lowest BCUT2D eigenvalue weighted by Gasteiger charge is -2.24.